The summed E-state index contributed by atoms with van der Waals surface area (Å²) in [6.07, 6.45) is 1.42. The summed E-state index contributed by atoms with van der Waals surface area (Å²) in [4.78, 5) is 52.5. The van der Waals surface area contributed by atoms with E-state index in [0.717, 1.165) is 30.0 Å². The fraction of sp³-hybridized carbons (Fsp3) is 0.474. The van der Waals surface area contributed by atoms with Crippen LogP contribution in [0.5, 0.6) is 0 Å². The highest BCUT2D eigenvalue weighted by atomic mass is 16.2. The number of hydrogen-bond donors (Lipinski definition) is 2. The monoisotopic (exact) mass is 370 g/mol. The minimum absolute atomic E-state index is 0.119. The van der Waals surface area contributed by atoms with Crippen molar-refractivity contribution in [3.63, 3.8) is 0 Å². The first-order valence-corrected chi connectivity index (χ1v) is 9.21. The third-order valence-electron chi connectivity index (χ3n) is 5.45. The van der Waals surface area contributed by atoms with Crippen molar-refractivity contribution in [3.05, 3.63) is 34.9 Å². The standard InChI is InChI=1S/C19H22N4O4/c1-22(10-12-7-8-20-12)9-11-3-2-4-13-16(11)19(27)23(18(13)26)14-5-6-15(24)21-17(14)25/h2-4,12,14,20H,5-10H2,1H3,(H,21,24,25). The van der Waals surface area contributed by atoms with Gasteiger partial charge in [0.05, 0.1) is 11.1 Å². The molecule has 2 unspecified atom stereocenters. The number of amides is 4. The second-order valence-electron chi connectivity index (χ2n) is 7.42. The van der Waals surface area contributed by atoms with Gasteiger partial charge in [-0.2, -0.15) is 0 Å². The summed E-state index contributed by atoms with van der Waals surface area (Å²) in [7, 11) is 1.98. The highest BCUT2D eigenvalue weighted by molar-refractivity contribution is 6.24. The Morgan fingerprint density at radius 1 is 1.15 bits per heavy atom. The molecule has 8 nitrogen and oxygen atoms in total. The Balaban J connectivity index is 1.57. The predicted molar refractivity (Wildman–Crippen MR) is 95.9 cm³/mol. The first-order valence-electron chi connectivity index (χ1n) is 9.21. The third kappa shape index (κ3) is 3.15. The van der Waals surface area contributed by atoms with E-state index < -0.39 is 23.8 Å². The van der Waals surface area contributed by atoms with Gasteiger partial charge in [-0.1, -0.05) is 12.1 Å². The van der Waals surface area contributed by atoms with Crippen LogP contribution >= 0.6 is 0 Å². The fourth-order valence-electron chi connectivity index (χ4n) is 3.95. The van der Waals surface area contributed by atoms with Crippen LogP contribution in [-0.2, 0) is 16.1 Å². The molecule has 3 heterocycles. The van der Waals surface area contributed by atoms with E-state index in [2.05, 4.69) is 15.5 Å². The Hall–Kier alpha value is -2.58. The van der Waals surface area contributed by atoms with Gasteiger partial charge in [0.1, 0.15) is 6.04 Å². The molecular formula is C19H22N4O4. The lowest BCUT2D eigenvalue weighted by molar-refractivity contribution is -0.136. The van der Waals surface area contributed by atoms with Gasteiger partial charge in [0.2, 0.25) is 11.8 Å². The molecule has 1 aromatic carbocycles. The van der Waals surface area contributed by atoms with E-state index >= 15 is 0 Å². The van der Waals surface area contributed by atoms with Gasteiger partial charge < -0.3 is 10.2 Å². The molecular weight excluding hydrogens is 348 g/mol. The maximum Gasteiger partial charge on any atom is 0.262 e. The molecule has 2 fully saturated rings. The molecule has 0 spiro atoms. The molecule has 27 heavy (non-hydrogen) atoms. The number of hydrogen-bond acceptors (Lipinski definition) is 6. The maximum absolute atomic E-state index is 13.0. The number of fused-ring (bicyclic) bond motifs is 1. The molecule has 2 atom stereocenters. The molecule has 2 saturated heterocycles. The van der Waals surface area contributed by atoms with E-state index in [-0.39, 0.29) is 18.7 Å². The van der Waals surface area contributed by atoms with E-state index in [1.807, 2.05) is 13.1 Å². The Bertz CT molecular complexity index is 833. The van der Waals surface area contributed by atoms with Gasteiger partial charge in [0, 0.05) is 25.6 Å². The summed E-state index contributed by atoms with van der Waals surface area (Å²) < 4.78 is 0. The maximum atomic E-state index is 13.0. The van der Waals surface area contributed by atoms with Crippen molar-refractivity contribution >= 4 is 23.6 Å². The summed E-state index contributed by atoms with van der Waals surface area (Å²) in [6, 6.07) is 4.77. The third-order valence-corrected chi connectivity index (χ3v) is 5.45. The molecule has 0 aliphatic carbocycles. The van der Waals surface area contributed by atoms with Gasteiger partial charge in [-0.25, -0.2) is 0 Å². The highest BCUT2D eigenvalue weighted by Gasteiger charge is 2.45. The SMILES string of the molecule is CN(Cc1cccc2c1C(=O)N(C1CCC(=O)NC1=O)C2=O)CC1CCN1. The smallest absolute Gasteiger partial charge is 0.262 e. The lowest BCUT2D eigenvalue weighted by Crippen LogP contribution is -2.54. The van der Waals surface area contributed by atoms with Crippen LogP contribution < -0.4 is 10.6 Å². The fourth-order valence-corrected chi connectivity index (χ4v) is 3.95. The summed E-state index contributed by atoms with van der Waals surface area (Å²) in [5, 5.41) is 5.56. The Morgan fingerprint density at radius 3 is 2.59 bits per heavy atom. The van der Waals surface area contributed by atoms with Gasteiger partial charge in [-0.05, 0) is 38.1 Å². The van der Waals surface area contributed by atoms with Gasteiger partial charge in [0.25, 0.3) is 11.8 Å². The Kier molecular flexibility index (Phi) is 4.53. The largest absolute Gasteiger partial charge is 0.313 e. The van der Waals surface area contributed by atoms with Gasteiger partial charge >= 0.3 is 0 Å². The van der Waals surface area contributed by atoms with Crippen molar-refractivity contribution in [2.24, 2.45) is 0 Å². The van der Waals surface area contributed by atoms with Crippen molar-refractivity contribution in [2.75, 3.05) is 20.1 Å². The van der Waals surface area contributed by atoms with Crippen LogP contribution in [0.4, 0.5) is 0 Å². The molecule has 1 aromatic rings. The number of likely N-dealkylation sites (N-methyl/N-ethyl adjacent to an activating group) is 1. The van der Waals surface area contributed by atoms with Crippen LogP contribution in [0.15, 0.2) is 18.2 Å². The van der Waals surface area contributed by atoms with Crippen molar-refractivity contribution < 1.29 is 19.2 Å². The highest BCUT2D eigenvalue weighted by Crippen LogP contribution is 2.30. The van der Waals surface area contributed by atoms with E-state index in [9.17, 15) is 19.2 Å². The molecule has 0 saturated carbocycles. The van der Waals surface area contributed by atoms with Crippen molar-refractivity contribution in [2.45, 2.75) is 37.9 Å². The minimum Gasteiger partial charge on any atom is -0.313 e. The summed E-state index contributed by atoms with van der Waals surface area (Å²) >= 11 is 0. The predicted octanol–water partition coefficient (Wildman–Crippen LogP) is -0.118. The molecule has 0 bridgehead atoms. The molecule has 142 valence electrons. The average molecular weight is 370 g/mol. The van der Waals surface area contributed by atoms with E-state index in [0.29, 0.717) is 23.7 Å². The van der Waals surface area contributed by atoms with E-state index in [1.54, 1.807) is 12.1 Å². The van der Waals surface area contributed by atoms with Crippen LogP contribution in [-0.4, -0.2) is 65.6 Å². The first kappa shape index (κ1) is 17.8. The van der Waals surface area contributed by atoms with E-state index in [1.165, 1.54) is 0 Å². The molecule has 3 aliphatic heterocycles. The molecule has 0 aromatic heterocycles. The normalized spacial score (nSPS) is 24.9. The number of carbonyl (C=O) groups excluding carboxylic acids is 4. The zero-order valence-electron chi connectivity index (χ0n) is 15.2. The zero-order valence-corrected chi connectivity index (χ0v) is 15.2. The summed E-state index contributed by atoms with van der Waals surface area (Å²) in [5.74, 6) is -1.87. The number of nitrogens with one attached hydrogen (secondary N) is 2. The Labute approximate surface area is 156 Å². The van der Waals surface area contributed by atoms with Crippen molar-refractivity contribution in [3.8, 4) is 0 Å². The Morgan fingerprint density at radius 2 is 1.93 bits per heavy atom. The molecule has 8 heteroatoms. The van der Waals surface area contributed by atoms with Crippen LogP contribution in [0.25, 0.3) is 0 Å². The molecule has 4 rings (SSSR count). The number of imide groups is 2. The van der Waals surface area contributed by atoms with Crippen LogP contribution in [0.3, 0.4) is 0 Å². The number of rotatable bonds is 5. The van der Waals surface area contributed by atoms with Gasteiger partial charge in [-0.3, -0.25) is 29.4 Å². The second-order valence-corrected chi connectivity index (χ2v) is 7.42. The molecule has 0 radical (unpaired) electrons. The first-order chi connectivity index (χ1) is 13.0. The van der Waals surface area contributed by atoms with Crippen LogP contribution in [0.1, 0.15) is 45.5 Å². The number of benzene rings is 1. The van der Waals surface area contributed by atoms with Crippen molar-refractivity contribution in [1.82, 2.24) is 20.4 Å². The lowest BCUT2D eigenvalue weighted by Gasteiger charge is -2.32. The van der Waals surface area contributed by atoms with Crippen LogP contribution in [0, 0.1) is 0 Å². The van der Waals surface area contributed by atoms with Crippen molar-refractivity contribution in [1.29, 1.82) is 0 Å². The van der Waals surface area contributed by atoms with Gasteiger partial charge in [0.15, 0.2) is 0 Å². The summed E-state index contributed by atoms with van der Waals surface area (Å²) in [6.45, 7) is 2.44. The number of nitrogens with zero attached hydrogens (tertiary/aromatic N) is 2. The molecule has 4 amide bonds. The quantitative estimate of drug-likeness (QED) is 0.702. The minimum atomic E-state index is -0.931. The van der Waals surface area contributed by atoms with Crippen LogP contribution in [0.2, 0.25) is 0 Å². The average Bonchev–Trinajstić information content (AvgIpc) is 2.84. The molecule has 2 N–H and O–H groups in total. The topological polar surface area (TPSA) is 98.8 Å². The lowest BCUT2D eigenvalue weighted by atomic mass is 10.0. The number of carbonyl (C=O) groups is 4. The van der Waals surface area contributed by atoms with Gasteiger partial charge in [-0.15, -0.1) is 0 Å². The second kappa shape index (κ2) is 6.86. The summed E-state index contributed by atoms with van der Waals surface area (Å²) in [5.41, 5.74) is 1.49. The molecule has 3 aliphatic rings. The number of piperidine rings is 1. The zero-order chi connectivity index (χ0) is 19.1. The van der Waals surface area contributed by atoms with E-state index in [4.69, 9.17) is 0 Å².